The van der Waals surface area contributed by atoms with Gasteiger partial charge in [-0.05, 0) is 18.6 Å². The average Bonchev–Trinajstić information content (AvgIpc) is 2.81. The molecule has 86 valence electrons. The van der Waals surface area contributed by atoms with Gasteiger partial charge in [0.1, 0.15) is 0 Å². The van der Waals surface area contributed by atoms with Gasteiger partial charge in [-0.25, -0.2) is 0 Å². The minimum absolute atomic E-state index is 0.304. The van der Waals surface area contributed by atoms with E-state index >= 15 is 0 Å². The van der Waals surface area contributed by atoms with Gasteiger partial charge in [0.05, 0.1) is 23.4 Å². The summed E-state index contributed by atoms with van der Waals surface area (Å²) in [7, 11) is 1.95. The van der Waals surface area contributed by atoms with Crippen molar-refractivity contribution in [2.45, 2.75) is 12.5 Å². The van der Waals surface area contributed by atoms with Crippen LogP contribution in [0.5, 0.6) is 0 Å². The average molecular weight is 240 g/mol. The highest BCUT2D eigenvalue weighted by Gasteiger charge is 2.23. The number of nitrogens with zero attached hydrogens (tertiary/aromatic N) is 1. The van der Waals surface area contributed by atoms with Gasteiger partial charge in [0.15, 0.2) is 6.29 Å². The number of hydrogen-bond donors (Lipinski definition) is 0. The van der Waals surface area contributed by atoms with E-state index in [0.29, 0.717) is 23.2 Å². The third-order valence-corrected chi connectivity index (χ3v) is 3.26. The fraction of sp³-hybridized carbons (Fsp3) is 0.417. The van der Waals surface area contributed by atoms with Crippen molar-refractivity contribution in [1.29, 1.82) is 0 Å². The van der Waals surface area contributed by atoms with Gasteiger partial charge in [-0.3, -0.25) is 4.79 Å². The van der Waals surface area contributed by atoms with Crippen molar-refractivity contribution in [3.8, 4) is 0 Å². The largest absolute Gasteiger partial charge is 0.379 e. The number of carbonyl (C=O) groups is 1. The first-order valence-corrected chi connectivity index (χ1v) is 5.66. The fourth-order valence-corrected chi connectivity index (χ4v) is 2.32. The lowest BCUT2D eigenvalue weighted by molar-refractivity contribution is 0.112. The molecule has 0 saturated carbocycles. The number of hydrogen-bond acceptors (Lipinski definition) is 3. The van der Waals surface area contributed by atoms with Crippen LogP contribution < -0.4 is 4.90 Å². The van der Waals surface area contributed by atoms with E-state index in [9.17, 15) is 4.79 Å². The van der Waals surface area contributed by atoms with Crippen LogP contribution in [-0.4, -0.2) is 32.6 Å². The van der Waals surface area contributed by atoms with Crippen molar-refractivity contribution in [2.24, 2.45) is 0 Å². The van der Waals surface area contributed by atoms with Crippen LogP contribution in [-0.2, 0) is 4.74 Å². The monoisotopic (exact) mass is 239 g/mol. The van der Waals surface area contributed by atoms with Gasteiger partial charge in [0, 0.05) is 19.2 Å². The Hall–Kier alpha value is -1.06. The van der Waals surface area contributed by atoms with Crippen LogP contribution >= 0.6 is 11.6 Å². The maximum Gasteiger partial charge on any atom is 0.152 e. The maximum absolute atomic E-state index is 11.0. The molecular weight excluding hydrogens is 226 g/mol. The van der Waals surface area contributed by atoms with Crippen LogP contribution in [0.25, 0.3) is 0 Å². The summed E-state index contributed by atoms with van der Waals surface area (Å²) in [5, 5.41) is 0.610. The van der Waals surface area contributed by atoms with Gasteiger partial charge in [-0.1, -0.05) is 17.7 Å². The van der Waals surface area contributed by atoms with Crippen LogP contribution in [0, 0.1) is 0 Å². The lowest BCUT2D eigenvalue weighted by Gasteiger charge is -2.27. The zero-order chi connectivity index (χ0) is 11.5. The first-order valence-electron chi connectivity index (χ1n) is 5.28. The van der Waals surface area contributed by atoms with Crippen molar-refractivity contribution >= 4 is 23.6 Å². The zero-order valence-electron chi connectivity index (χ0n) is 9.15. The molecule has 1 aromatic rings. The Labute approximate surface area is 100.0 Å². The second-order valence-electron chi connectivity index (χ2n) is 3.92. The van der Waals surface area contributed by atoms with Gasteiger partial charge in [-0.2, -0.15) is 0 Å². The van der Waals surface area contributed by atoms with E-state index in [1.807, 2.05) is 11.9 Å². The van der Waals surface area contributed by atoms with Crippen LogP contribution in [0.1, 0.15) is 16.8 Å². The molecule has 1 aliphatic heterocycles. The number of aldehydes is 1. The Morgan fingerprint density at radius 2 is 2.38 bits per heavy atom. The van der Waals surface area contributed by atoms with Crippen molar-refractivity contribution in [1.82, 2.24) is 0 Å². The summed E-state index contributed by atoms with van der Waals surface area (Å²) in [6.07, 6.45) is 1.81. The molecule has 0 spiro atoms. The normalized spacial score (nSPS) is 19.8. The molecular formula is C12H14ClNO2. The van der Waals surface area contributed by atoms with E-state index in [-0.39, 0.29) is 0 Å². The van der Waals surface area contributed by atoms with Gasteiger partial charge < -0.3 is 9.64 Å². The van der Waals surface area contributed by atoms with Crippen LogP contribution in [0.2, 0.25) is 5.02 Å². The number of halogens is 1. The summed E-state index contributed by atoms with van der Waals surface area (Å²) < 4.78 is 5.34. The topological polar surface area (TPSA) is 29.5 Å². The van der Waals surface area contributed by atoms with Crippen molar-refractivity contribution < 1.29 is 9.53 Å². The highest BCUT2D eigenvalue weighted by molar-refractivity contribution is 6.33. The summed E-state index contributed by atoms with van der Waals surface area (Å²) in [6.45, 7) is 1.47. The van der Waals surface area contributed by atoms with Crippen LogP contribution in [0.3, 0.4) is 0 Å². The fourth-order valence-electron chi connectivity index (χ4n) is 2.01. The Morgan fingerprint density at radius 1 is 1.56 bits per heavy atom. The van der Waals surface area contributed by atoms with Gasteiger partial charge in [0.2, 0.25) is 0 Å². The first kappa shape index (κ1) is 11.4. The molecule has 0 radical (unpaired) electrons. The second-order valence-corrected chi connectivity index (χ2v) is 4.33. The molecule has 1 heterocycles. The maximum atomic E-state index is 11.0. The van der Waals surface area contributed by atoms with Crippen molar-refractivity contribution in [3.05, 3.63) is 28.8 Å². The molecule has 1 aliphatic rings. The summed E-state index contributed by atoms with van der Waals surface area (Å²) >= 11 is 6.14. The number of carbonyl (C=O) groups excluding carboxylic acids is 1. The number of anilines is 1. The van der Waals surface area contributed by atoms with E-state index in [4.69, 9.17) is 16.3 Å². The number of likely N-dealkylation sites (N-methyl/N-ethyl adjacent to an activating group) is 1. The summed E-state index contributed by atoms with van der Waals surface area (Å²) in [5.41, 5.74) is 1.43. The number of rotatable bonds is 3. The molecule has 1 saturated heterocycles. The van der Waals surface area contributed by atoms with Crippen LogP contribution in [0.15, 0.2) is 18.2 Å². The lowest BCUT2D eigenvalue weighted by atomic mass is 10.1. The molecule has 0 N–H and O–H groups in total. The standard InChI is InChI=1S/C12H14ClNO2/c1-14(10-5-6-16-8-10)12-9(7-15)3-2-4-11(12)13/h2-4,7,10H,5-6,8H2,1H3. The lowest BCUT2D eigenvalue weighted by Crippen LogP contribution is -2.32. The predicted octanol–water partition coefficient (Wildman–Crippen LogP) is 2.38. The molecule has 1 aromatic carbocycles. The number of para-hydroxylation sites is 1. The smallest absolute Gasteiger partial charge is 0.152 e. The second kappa shape index (κ2) is 4.85. The van der Waals surface area contributed by atoms with Crippen molar-refractivity contribution in [3.63, 3.8) is 0 Å². The molecule has 4 heteroatoms. The van der Waals surface area contributed by atoms with Gasteiger partial charge in [-0.15, -0.1) is 0 Å². The summed E-state index contributed by atoms with van der Waals surface area (Å²) in [4.78, 5) is 13.0. The van der Waals surface area contributed by atoms with E-state index in [0.717, 1.165) is 25.0 Å². The highest BCUT2D eigenvalue weighted by Crippen LogP contribution is 2.30. The minimum Gasteiger partial charge on any atom is -0.379 e. The van der Waals surface area contributed by atoms with Crippen molar-refractivity contribution in [2.75, 3.05) is 25.2 Å². The van der Waals surface area contributed by atoms with E-state index < -0.39 is 0 Å². The molecule has 1 unspecified atom stereocenters. The van der Waals surface area contributed by atoms with E-state index in [1.165, 1.54) is 0 Å². The Kier molecular flexibility index (Phi) is 3.46. The number of ether oxygens (including phenoxy) is 1. The van der Waals surface area contributed by atoms with Gasteiger partial charge >= 0.3 is 0 Å². The summed E-state index contributed by atoms with van der Waals surface area (Å²) in [6, 6.07) is 5.67. The molecule has 1 fully saturated rings. The van der Waals surface area contributed by atoms with Gasteiger partial charge in [0.25, 0.3) is 0 Å². The minimum atomic E-state index is 0.304. The summed E-state index contributed by atoms with van der Waals surface area (Å²) in [5.74, 6) is 0. The molecule has 1 atom stereocenters. The first-order chi connectivity index (χ1) is 7.74. The highest BCUT2D eigenvalue weighted by atomic mass is 35.5. The third-order valence-electron chi connectivity index (χ3n) is 2.95. The van der Waals surface area contributed by atoms with E-state index in [2.05, 4.69) is 0 Å². The Morgan fingerprint density at radius 3 is 3.00 bits per heavy atom. The third kappa shape index (κ3) is 2.06. The van der Waals surface area contributed by atoms with E-state index in [1.54, 1.807) is 18.2 Å². The molecule has 16 heavy (non-hydrogen) atoms. The molecule has 0 aromatic heterocycles. The Balaban J connectivity index is 2.33. The molecule has 0 aliphatic carbocycles. The molecule has 3 nitrogen and oxygen atoms in total. The predicted molar refractivity (Wildman–Crippen MR) is 64.5 cm³/mol. The molecule has 0 bridgehead atoms. The number of benzene rings is 1. The quantitative estimate of drug-likeness (QED) is 0.759. The molecule has 0 amide bonds. The zero-order valence-corrected chi connectivity index (χ0v) is 9.91. The SMILES string of the molecule is CN(c1c(Cl)cccc1C=O)C1CCOC1. The Bertz CT molecular complexity index is 389. The van der Waals surface area contributed by atoms with Crippen LogP contribution in [0.4, 0.5) is 5.69 Å². The molecule has 2 rings (SSSR count).